The Morgan fingerprint density at radius 3 is 2.94 bits per heavy atom. The lowest BCUT2D eigenvalue weighted by Gasteiger charge is -2.14. The van der Waals surface area contributed by atoms with Gasteiger partial charge in [0.2, 0.25) is 5.88 Å². The van der Waals surface area contributed by atoms with E-state index in [0.717, 1.165) is 30.2 Å². The van der Waals surface area contributed by atoms with E-state index >= 15 is 0 Å². The summed E-state index contributed by atoms with van der Waals surface area (Å²) in [4.78, 5) is 0. The first-order chi connectivity index (χ1) is 8.63. The van der Waals surface area contributed by atoms with Crippen LogP contribution in [0.15, 0.2) is 0 Å². The van der Waals surface area contributed by atoms with E-state index < -0.39 is 0 Å². The van der Waals surface area contributed by atoms with Crippen LogP contribution in [0.25, 0.3) is 0 Å². The monoisotopic (exact) mass is 254 g/mol. The number of hydrogen-bond acceptors (Lipinski definition) is 5. The quantitative estimate of drug-likeness (QED) is 0.655. The van der Waals surface area contributed by atoms with Gasteiger partial charge >= 0.3 is 0 Å². The van der Waals surface area contributed by atoms with Crippen LogP contribution in [-0.4, -0.2) is 47.7 Å². The Hall–Kier alpha value is -1.11. The van der Waals surface area contributed by atoms with Crippen LogP contribution in [0.5, 0.6) is 5.88 Å². The third-order valence-corrected chi connectivity index (χ3v) is 3.49. The zero-order valence-electron chi connectivity index (χ0n) is 11.2. The third kappa shape index (κ3) is 2.66. The molecule has 1 aliphatic rings. The summed E-state index contributed by atoms with van der Waals surface area (Å²) in [5, 5.41) is 20.6. The van der Waals surface area contributed by atoms with E-state index in [2.05, 4.69) is 15.7 Å². The highest BCUT2D eigenvalue weighted by Gasteiger charge is 2.24. The molecule has 3 N–H and O–H groups in total. The first-order valence-electron chi connectivity index (χ1n) is 6.29. The average molecular weight is 254 g/mol. The largest absolute Gasteiger partial charge is 0.481 e. The number of nitrogens with zero attached hydrogens (tertiary/aromatic N) is 2. The Morgan fingerprint density at radius 1 is 1.56 bits per heavy atom. The molecule has 1 aromatic rings. The molecule has 2 heterocycles. The summed E-state index contributed by atoms with van der Waals surface area (Å²) in [5.41, 5.74) is 2.06. The molecule has 0 saturated carbocycles. The van der Waals surface area contributed by atoms with Crippen LogP contribution in [0.4, 0.5) is 0 Å². The maximum Gasteiger partial charge on any atom is 0.216 e. The fourth-order valence-corrected chi connectivity index (χ4v) is 2.45. The highest BCUT2D eigenvalue weighted by Crippen LogP contribution is 2.20. The maximum absolute atomic E-state index is 9.70. The molecule has 0 radical (unpaired) electrons. The molecule has 0 spiro atoms. The first kappa shape index (κ1) is 13.3. The lowest BCUT2D eigenvalue weighted by atomic mass is 10.1. The fraction of sp³-hybridized carbons (Fsp3) is 0.750. The van der Waals surface area contributed by atoms with Crippen LogP contribution in [0.2, 0.25) is 0 Å². The van der Waals surface area contributed by atoms with Crippen LogP contribution >= 0.6 is 0 Å². The molecule has 0 aliphatic carbocycles. The summed E-state index contributed by atoms with van der Waals surface area (Å²) < 4.78 is 7.09. The maximum atomic E-state index is 9.70. The Morgan fingerprint density at radius 2 is 2.33 bits per heavy atom. The van der Waals surface area contributed by atoms with Crippen molar-refractivity contribution in [2.45, 2.75) is 19.6 Å². The second-order valence-corrected chi connectivity index (χ2v) is 4.81. The molecule has 0 amide bonds. The Labute approximate surface area is 107 Å². The number of hydrogen-bond donors (Lipinski definition) is 3. The van der Waals surface area contributed by atoms with Gasteiger partial charge in [0.25, 0.3) is 0 Å². The smallest absolute Gasteiger partial charge is 0.216 e. The predicted octanol–water partition coefficient (Wildman–Crippen LogP) is -0.593. The molecule has 1 fully saturated rings. The van der Waals surface area contributed by atoms with E-state index in [4.69, 9.17) is 4.74 Å². The summed E-state index contributed by atoms with van der Waals surface area (Å²) in [6.45, 7) is 5.06. The molecular weight excluding hydrogens is 232 g/mol. The van der Waals surface area contributed by atoms with E-state index in [1.807, 2.05) is 14.0 Å². The van der Waals surface area contributed by atoms with E-state index in [0.29, 0.717) is 13.1 Å². The van der Waals surface area contributed by atoms with Crippen LogP contribution in [0, 0.1) is 12.8 Å². The van der Waals surface area contributed by atoms with Crippen LogP contribution in [0.3, 0.4) is 0 Å². The molecule has 1 saturated heterocycles. The van der Waals surface area contributed by atoms with Crippen molar-refractivity contribution in [2.75, 3.05) is 26.7 Å². The number of methoxy groups -OCH3 is 1. The van der Waals surface area contributed by atoms with Crippen molar-refractivity contribution >= 4 is 0 Å². The van der Waals surface area contributed by atoms with Crippen LogP contribution in [-0.2, 0) is 13.6 Å². The highest BCUT2D eigenvalue weighted by atomic mass is 16.5. The van der Waals surface area contributed by atoms with Crippen LogP contribution in [0.1, 0.15) is 11.3 Å². The molecular formula is C12H22N4O2. The van der Waals surface area contributed by atoms with Crippen molar-refractivity contribution in [3.05, 3.63) is 11.3 Å². The number of aliphatic hydroxyl groups is 1. The van der Waals surface area contributed by atoms with Gasteiger partial charge in [-0.1, -0.05) is 0 Å². The number of nitrogens with one attached hydrogen (secondary N) is 2. The minimum absolute atomic E-state index is 0.241. The van der Waals surface area contributed by atoms with Gasteiger partial charge in [-0.3, -0.25) is 0 Å². The van der Waals surface area contributed by atoms with Crippen molar-refractivity contribution < 1.29 is 9.84 Å². The summed E-state index contributed by atoms with van der Waals surface area (Å²) in [7, 11) is 3.53. The summed E-state index contributed by atoms with van der Waals surface area (Å²) in [5.74, 6) is 1.08. The van der Waals surface area contributed by atoms with Gasteiger partial charge in [-0.2, -0.15) is 5.10 Å². The minimum atomic E-state index is -0.241. The van der Waals surface area contributed by atoms with Crippen molar-refractivity contribution in [1.29, 1.82) is 0 Å². The topological polar surface area (TPSA) is 71.3 Å². The molecule has 0 bridgehead atoms. The second-order valence-electron chi connectivity index (χ2n) is 4.81. The van der Waals surface area contributed by atoms with Gasteiger partial charge in [0.1, 0.15) is 0 Å². The molecule has 6 nitrogen and oxygen atoms in total. The molecule has 1 aliphatic heterocycles. The van der Waals surface area contributed by atoms with Gasteiger partial charge in [0.15, 0.2) is 0 Å². The number of aryl methyl sites for hydroxylation is 2. The molecule has 1 aromatic heterocycles. The van der Waals surface area contributed by atoms with E-state index in [-0.39, 0.29) is 12.0 Å². The van der Waals surface area contributed by atoms with Gasteiger partial charge in [-0.25, -0.2) is 4.68 Å². The normalized spacial score (nSPS) is 23.6. The predicted molar refractivity (Wildman–Crippen MR) is 68.6 cm³/mol. The number of rotatable bonds is 5. The van der Waals surface area contributed by atoms with Crippen molar-refractivity contribution in [3.63, 3.8) is 0 Å². The van der Waals surface area contributed by atoms with Gasteiger partial charge in [0, 0.05) is 39.1 Å². The lowest BCUT2D eigenvalue weighted by molar-refractivity contribution is 0.146. The SMILES string of the molecule is COc1c(CNCC2CNCC2O)c(C)nn1C. The number of β-amino-alcohol motifs (C(OH)–C–C–N with tert-alkyl or cyclic N) is 1. The molecule has 6 heteroatoms. The summed E-state index contributed by atoms with van der Waals surface area (Å²) >= 11 is 0. The van der Waals surface area contributed by atoms with Gasteiger partial charge in [0.05, 0.1) is 24.5 Å². The molecule has 0 aromatic carbocycles. The summed E-state index contributed by atoms with van der Waals surface area (Å²) in [6.07, 6.45) is -0.241. The van der Waals surface area contributed by atoms with E-state index in [9.17, 15) is 5.11 Å². The zero-order chi connectivity index (χ0) is 13.1. The van der Waals surface area contributed by atoms with Gasteiger partial charge in [-0.05, 0) is 6.92 Å². The lowest BCUT2D eigenvalue weighted by Crippen LogP contribution is -2.30. The standard InChI is InChI=1S/C12H22N4O2/c1-8-10(12(18-3)16(2)15-8)6-13-4-9-5-14-7-11(9)17/h9,11,13-14,17H,4-7H2,1-3H3. The highest BCUT2D eigenvalue weighted by molar-refractivity contribution is 5.30. The number of aromatic nitrogens is 2. The molecule has 102 valence electrons. The van der Waals surface area contributed by atoms with Crippen LogP contribution < -0.4 is 15.4 Å². The van der Waals surface area contributed by atoms with Gasteiger partial charge < -0.3 is 20.5 Å². The molecule has 2 unspecified atom stereocenters. The van der Waals surface area contributed by atoms with Crippen molar-refractivity contribution in [1.82, 2.24) is 20.4 Å². The Bertz CT molecular complexity index is 405. The van der Waals surface area contributed by atoms with E-state index in [1.165, 1.54) is 0 Å². The molecule has 2 rings (SSSR count). The number of aliphatic hydroxyl groups excluding tert-OH is 1. The number of ether oxygens (including phenoxy) is 1. The van der Waals surface area contributed by atoms with Crippen molar-refractivity contribution in [3.8, 4) is 5.88 Å². The zero-order valence-corrected chi connectivity index (χ0v) is 11.2. The average Bonchev–Trinajstić information content (AvgIpc) is 2.84. The van der Waals surface area contributed by atoms with E-state index in [1.54, 1.807) is 11.8 Å². The molecule has 2 atom stereocenters. The second kappa shape index (κ2) is 5.69. The molecule has 18 heavy (non-hydrogen) atoms. The fourth-order valence-electron chi connectivity index (χ4n) is 2.45. The van der Waals surface area contributed by atoms with Gasteiger partial charge in [-0.15, -0.1) is 0 Å². The first-order valence-corrected chi connectivity index (χ1v) is 6.29. The minimum Gasteiger partial charge on any atom is -0.481 e. The Balaban J connectivity index is 1.90. The van der Waals surface area contributed by atoms with Crippen molar-refractivity contribution in [2.24, 2.45) is 13.0 Å². The summed E-state index contributed by atoms with van der Waals surface area (Å²) in [6, 6.07) is 0. The Kier molecular flexibility index (Phi) is 4.21. The third-order valence-electron chi connectivity index (χ3n) is 3.49.